The van der Waals surface area contributed by atoms with E-state index in [0.717, 1.165) is 17.1 Å². The zero-order chi connectivity index (χ0) is 38.5. The van der Waals surface area contributed by atoms with Crippen LogP contribution in [-0.4, -0.2) is 0 Å². The third-order valence-corrected chi connectivity index (χ3v) is 12.1. The van der Waals surface area contributed by atoms with Gasteiger partial charge in [-0.15, -0.1) is 0 Å². The summed E-state index contributed by atoms with van der Waals surface area (Å²) in [6, 6.07) is 86.8. The molecule has 11 rings (SSSR count). The number of fused-ring (bicyclic) bond motifs is 6. The first-order valence-corrected chi connectivity index (χ1v) is 20.1. The van der Waals surface area contributed by atoms with Crippen LogP contribution in [0.15, 0.2) is 237 Å². The van der Waals surface area contributed by atoms with Crippen LogP contribution in [0.5, 0.6) is 0 Å². The molecule has 1 nitrogen and oxygen atoms in total. The van der Waals surface area contributed by atoms with Crippen LogP contribution >= 0.6 is 0 Å². The number of hydrogen-bond acceptors (Lipinski definition) is 1. The second-order valence-electron chi connectivity index (χ2n) is 15.3. The van der Waals surface area contributed by atoms with Crippen LogP contribution in [-0.2, 0) is 5.41 Å². The zero-order valence-corrected chi connectivity index (χ0v) is 32.0. The van der Waals surface area contributed by atoms with E-state index in [1.54, 1.807) is 0 Å². The van der Waals surface area contributed by atoms with Crippen molar-refractivity contribution in [3.05, 3.63) is 259 Å². The van der Waals surface area contributed by atoms with E-state index in [1.165, 1.54) is 77.2 Å². The van der Waals surface area contributed by atoms with Gasteiger partial charge in [0.05, 0.1) is 5.41 Å². The molecule has 58 heavy (non-hydrogen) atoms. The molecule has 0 saturated heterocycles. The molecule has 0 atom stereocenters. The Bertz CT molecular complexity index is 3060. The Morgan fingerprint density at radius 1 is 0.276 bits per heavy atom. The van der Waals surface area contributed by atoms with Crippen molar-refractivity contribution < 1.29 is 0 Å². The Balaban J connectivity index is 1.05. The van der Waals surface area contributed by atoms with Crippen molar-refractivity contribution in [3.63, 3.8) is 0 Å². The maximum atomic E-state index is 2.44. The lowest BCUT2D eigenvalue weighted by Gasteiger charge is -2.35. The minimum Gasteiger partial charge on any atom is -0.310 e. The summed E-state index contributed by atoms with van der Waals surface area (Å²) in [7, 11) is 0. The first-order chi connectivity index (χ1) is 28.8. The molecule has 0 N–H and O–H groups in total. The molecule has 10 aromatic carbocycles. The summed E-state index contributed by atoms with van der Waals surface area (Å²) < 4.78 is 0. The van der Waals surface area contributed by atoms with Crippen molar-refractivity contribution in [2.45, 2.75) is 5.41 Å². The van der Waals surface area contributed by atoms with E-state index in [9.17, 15) is 0 Å². The molecular formula is C57H39N. The highest BCUT2D eigenvalue weighted by Crippen LogP contribution is 2.57. The largest absolute Gasteiger partial charge is 0.310 e. The zero-order valence-electron chi connectivity index (χ0n) is 32.0. The highest BCUT2D eigenvalue weighted by molar-refractivity contribution is 6.09. The minimum absolute atomic E-state index is 0.479. The molecule has 272 valence electrons. The van der Waals surface area contributed by atoms with Crippen molar-refractivity contribution in [2.75, 3.05) is 4.90 Å². The van der Waals surface area contributed by atoms with E-state index in [4.69, 9.17) is 0 Å². The van der Waals surface area contributed by atoms with Crippen LogP contribution in [0.3, 0.4) is 0 Å². The molecule has 0 aromatic heterocycles. The third-order valence-electron chi connectivity index (χ3n) is 12.1. The lowest BCUT2D eigenvalue weighted by molar-refractivity contribution is 0.768. The molecule has 0 bridgehead atoms. The van der Waals surface area contributed by atoms with Gasteiger partial charge in [0.15, 0.2) is 0 Å². The van der Waals surface area contributed by atoms with Gasteiger partial charge in [0.1, 0.15) is 0 Å². The van der Waals surface area contributed by atoms with Gasteiger partial charge in [-0.25, -0.2) is 0 Å². The first-order valence-electron chi connectivity index (χ1n) is 20.1. The molecule has 0 amide bonds. The van der Waals surface area contributed by atoms with E-state index in [0.29, 0.717) is 0 Å². The van der Waals surface area contributed by atoms with Gasteiger partial charge in [-0.3, -0.25) is 0 Å². The van der Waals surface area contributed by atoms with Crippen molar-refractivity contribution >= 4 is 38.6 Å². The summed E-state index contributed by atoms with van der Waals surface area (Å²) in [4.78, 5) is 2.41. The molecule has 0 heterocycles. The second-order valence-corrected chi connectivity index (χ2v) is 15.3. The molecule has 0 saturated carbocycles. The maximum absolute atomic E-state index is 2.44. The van der Waals surface area contributed by atoms with Crippen LogP contribution in [0.25, 0.3) is 54.9 Å². The number of anilines is 3. The Hall–Kier alpha value is -7.48. The number of hydrogen-bond donors (Lipinski definition) is 0. The molecule has 0 aliphatic heterocycles. The van der Waals surface area contributed by atoms with Gasteiger partial charge in [-0.1, -0.05) is 188 Å². The van der Waals surface area contributed by atoms with Crippen LogP contribution in [0.4, 0.5) is 17.1 Å². The van der Waals surface area contributed by atoms with Gasteiger partial charge in [0.25, 0.3) is 0 Å². The summed E-state index contributed by atoms with van der Waals surface area (Å²) in [5.41, 5.74) is 15.4. The second kappa shape index (κ2) is 13.9. The van der Waals surface area contributed by atoms with E-state index in [1.807, 2.05) is 0 Å². The predicted octanol–water partition coefficient (Wildman–Crippen LogP) is 15.2. The monoisotopic (exact) mass is 737 g/mol. The Morgan fingerprint density at radius 2 is 0.759 bits per heavy atom. The van der Waals surface area contributed by atoms with Crippen LogP contribution < -0.4 is 4.90 Å². The third kappa shape index (κ3) is 5.47. The fourth-order valence-electron chi connectivity index (χ4n) is 9.48. The Morgan fingerprint density at radius 3 is 1.41 bits per heavy atom. The molecule has 1 aliphatic carbocycles. The fraction of sp³-hybridized carbons (Fsp3) is 0.0175. The van der Waals surface area contributed by atoms with Gasteiger partial charge in [0, 0.05) is 17.1 Å². The Labute approximate surface area is 339 Å². The maximum Gasteiger partial charge on any atom is 0.0714 e. The lowest BCUT2D eigenvalue weighted by Crippen LogP contribution is -2.28. The number of para-hydroxylation sites is 1. The van der Waals surface area contributed by atoms with E-state index >= 15 is 0 Å². The fourth-order valence-corrected chi connectivity index (χ4v) is 9.48. The first kappa shape index (κ1) is 33.8. The summed E-state index contributed by atoms with van der Waals surface area (Å²) in [6.45, 7) is 0. The molecule has 0 fully saturated rings. The van der Waals surface area contributed by atoms with Crippen molar-refractivity contribution in [1.82, 2.24) is 0 Å². The summed E-state index contributed by atoms with van der Waals surface area (Å²) >= 11 is 0. The van der Waals surface area contributed by atoms with Gasteiger partial charge < -0.3 is 4.90 Å². The number of benzene rings is 10. The predicted molar refractivity (Wildman–Crippen MR) is 244 cm³/mol. The topological polar surface area (TPSA) is 3.24 Å². The molecule has 10 aromatic rings. The summed E-state index contributed by atoms with van der Waals surface area (Å²) in [5, 5.41) is 5.03. The molecule has 0 radical (unpaired) electrons. The van der Waals surface area contributed by atoms with Crippen molar-refractivity contribution in [3.8, 4) is 33.4 Å². The van der Waals surface area contributed by atoms with Gasteiger partial charge in [-0.2, -0.15) is 0 Å². The molecule has 0 spiro atoms. The highest BCUT2D eigenvalue weighted by Gasteiger charge is 2.46. The normalized spacial score (nSPS) is 12.6. The summed E-state index contributed by atoms with van der Waals surface area (Å²) in [5.74, 6) is 0. The number of rotatable bonds is 7. The lowest BCUT2D eigenvalue weighted by atomic mass is 9.67. The van der Waals surface area contributed by atoms with Crippen LogP contribution in [0, 0.1) is 0 Å². The molecule has 1 heteroatoms. The average molecular weight is 738 g/mol. The smallest absolute Gasteiger partial charge is 0.0714 e. The van der Waals surface area contributed by atoms with E-state index < -0.39 is 5.41 Å². The van der Waals surface area contributed by atoms with Gasteiger partial charge in [-0.05, 0) is 126 Å². The van der Waals surface area contributed by atoms with Crippen LogP contribution in [0.1, 0.15) is 22.3 Å². The minimum atomic E-state index is -0.479. The molecule has 1 aliphatic rings. The van der Waals surface area contributed by atoms with Gasteiger partial charge >= 0.3 is 0 Å². The van der Waals surface area contributed by atoms with E-state index in [-0.39, 0.29) is 0 Å². The van der Waals surface area contributed by atoms with Crippen LogP contribution in [0.2, 0.25) is 0 Å². The van der Waals surface area contributed by atoms with E-state index in [2.05, 4.69) is 241 Å². The standard InChI is InChI=1S/C57H39N/c1-5-16-40(17-6-1)42-30-33-51-44(36-42)28-29-45-37-43(31-34-52(45)51)41-18-15-25-49(38-41)58(48-23-11-4-12-24-48)50-32-35-54-53-26-13-14-27-55(53)57(56(54)39-50,46-19-7-2-8-20-46)47-21-9-3-10-22-47/h1-39H. The van der Waals surface area contributed by atoms with Crippen molar-refractivity contribution in [2.24, 2.45) is 0 Å². The number of nitrogens with zero attached hydrogens (tertiary/aromatic N) is 1. The highest BCUT2D eigenvalue weighted by atomic mass is 15.1. The van der Waals surface area contributed by atoms with Gasteiger partial charge in [0.2, 0.25) is 0 Å². The average Bonchev–Trinajstić information content (AvgIpc) is 3.60. The molecular weight excluding hydrogens is 699 g/mol. The Kier molecular flexibility index (Phi) is 8.12. The molecule has 0 unspecified atom stereocenters. The van der Waals surface area contributed by atoms with Crippen molar-refractivity contribution in [1.29, 1.82) is 0 Å². The quantitative estimate of drug-likeness (QED) is 0.147. The summed E-state index contributed by atoms with van der Waals surface area (Å²) in [6.07, 6.45) is 0. The SMILES string of the molecule is c1ccc(-c2ccc3c(ccc4cc(-c5cccc(N(c6ccccc6)c6ccc7c(c6)C(c6ccccc6)(c6ccccc6)c6ccccc6-7)c5)ccc43)c2)cc1.